The van der Waals surface area contributed by atoms with Crippen molar-refractivity contribution in [2.45, 2.75) is 46.5 Å². The lowest BCUT2D eigenvalue weighted by Crippen LogP contribution is -2.46. The molecule has 0 radical (unpaired) electrons. The molecule has 0 fully saturated rings. The van der Waals surface area contributed by atoms with Crippen LogP contribution in [0, 0.1) is 11.2 Å². The van der Waals surface area contributed by atoms with Gasteiger partial charge in [-0.2, -0.15) is 0 Å². The van der Waals surface area contributed by atoms with Gasteiger partial charge in [0.2, 0.25) is 5.90 Å². The predicted molar refractivity (Wildman–Crippen MR) is 122 cm³/mol. The Hall–Kier alpha value is -3.82. The third-order valence-corrected chi connectivity index (χ3v) is 5.82. The van der Waals surface area contributed by atoms with E-state index < -0.39 is 46.5 Å². The first-order valence-electron chi connectivity index (χ1n) is 11.2. The van der Waals surface area contributed by atoms with Crippen LogP contribution in [0.15, 0.2) is 52.8 Å². The fourth-order valence-electron chi connectivity index (χ4n) is 4.22. The topological polar surface area (TPSA) is 112 Å². The Bertz CT molecular complexity index is 1100. The first-order valence-corrected chi connectivity index (χ1v) is 11.2. The molecule has 186 valence electrons. The summed E-state index contributed by atoms with van der Waals surface area (Å²) in [6, 6.07) is 5.71. The molecule has 0 aromatic heterocycles. The van der Waals surface area contributed by atoms with Gasteiger partial charge in [0, 0.05) is 12.8 Å². The van der Waals surface area contributed by atoms with Gasteiger partial charge < -0.3 is 14.2 Å². The van der Waals surface area contributed by atoms with Gasteiger partial charge in [-0.1, -0.05) is 23.8 Å². The predicted octanol–water partition coefficient (Wildman–Crippen LogP) is 3.36. The van der Waals surface area contributed by atoms with E-state index in [9.17, 15) is 23.6 Å². The molecule has 1 spiro atoms. The molecule has 2 unspecified atom stereocenters. The van der Waals surface area contributed by atoms with Gasteiger partial charge in [-0.15, -0.1) is 5.10 Å². The van der Waals surface area contributed by atoms with Crippen LogP contribution in [0.25, 0.3) is 0 Å². The number of allylic oxidation sites excluding steroid dienone is 2. The molecule has 0 saturated carbocycles. The number of rotatable bonds is 6. The summed E-state index contributed by atoms with van der Waals surface area (Å²) in [5.74, 6) is -4.44. The minimum Gasteiger partial charge on any atom is -0.462 e. The SMILES string of the molecule is CCOC(=O)C(=CN1N=C(OC(C)=O)C2(CC=C(C)CC2c2ccc(F)cc2)C1=O)C(=O)OCC. The molecule has 1 heterocycles. The van der Waals surface area contributed by atoms with E-state index in [1.807, 2.05) is 13.0 Å². The number of nitrogens with zero attached hydrogens (tertiary/aromatic N) is 2. The Morgan fingerprint density at radius 1 is 1.14 bits per heavy atom. The van der Waals surface area contributed by atoms with Gasteiger partial charge in [-0.3, -0.25) is 9.59 Å². The number of hydrazone groups is 1. The van der Waals surface area contributed by atoms with Gasteiger partial charge in [-0.25, -0.2) is 19.0 Å². The Morgan fingerprint density at radius 2 is 1.74 bits per heavy atom. The normalized spacial score (nSPS) is 21.2. The maximum atomic E-state index is 13.9. The van der Waals surface area contributed by atoms with Crippen LogP contribution in [0.4, 0.5) is 4.39 Å². The van der Waals surface area contributed by atoms with Crippen molar-refractivity contribution in [3.63, 3.8) is 0 Å². The maximum Gasteiger partial charge on any atom is 0.347 e. The molecule has 0 saturated heterocycles. The molecule has 9 nitrogen and oxygen atoms in total. The maximum absolute atomic E-state index is 13.9. The van der Waals surface area contributed by atoms with Crippen LogP contribution >= 0.6 is 0 Å². The molecule has 2 atom stereocenters. The Balaban J connectivity index is 2.15. The summed E-state index contributed by atoms with van der Waals surface area (Å²) < 4.78 is 28.9. The second kappa shape index (κ2) is 10.6. The van der Waals surface area contributed by atoms with Crippen molar-refractivity contribution in [3.8, 4) is 0 Å². The first kappa shape index (κ1) is 25.8. The van der Waals surface area contributed by atoms with Crippen molar-refractivity contribution in [1.29, 1.82) is 0 Å². The standard InChI is InChI=1S/C25H27FN2O7/c1-5-33-21(30)19(22(31)34-6-2)14-28-24(32)25(23(27-28)35-16(4)29)12-11-15(3)13-20(25)17-7-9-18(26)10-8-17/h7-11,14,20H,5-6,12-13H2,1-4H3. The number of amides is 1. The summed E-state index contributed by atoms with van der Waals surface area (Å²) in [4.78, 5) is 50.7. The first-order chi connectivity index (χ1) is 16.6. The van der Waals surface area contributed by atoms with Crippen LogP contribution in [0.1, 0.15) is 52.0 Å². The van der Waals surface area contributed by atoms with Crippen LogP contribution in [-0.4, -0.2) is 47.9 Å². The molecule has 2 aliphatic rings. The number of carbonyl (C=O) groups excluding carboxylic acids is 4. The highest BCUT2D eigenvalue weighted by Gasteiger charge is 2.59. The molecular weight excluding hydrogens is 459 g/mol. The van der Waals surface area contributed by atoms with E-state index >= 15 is 0 Å². The monoisotopic (exact) mass is 486 g/mol. The average molecular weight is 486 g/mol. The highest BCUT2D eigenvalue weighted by Crippen LogP contribution is 2.52. The Kier molecular flexibility index (Phi) is 7.83. The van der Waals surface area contributed by atoms with E-state index in [0.29, 0.717) is 12.0 Å². The zero-order chi connectivity index (χ0) is 25.8. The van der Waals surface area contributed by atoms with E-state index in [0.717, 1.165) is 16.8 Å². The molecule has 1 aliphatic heterocycles. The van der Waals surface area contributed by atoms with Crippen LogP contribution in [-0.2, 0) is 33.4 Å². The minimum absolute atomic E-state index is 0.00780. The number of halogens is 1. The van der Waals surface area contributed by atoms with Crippen molar-refractivity contribution in [2.24, 2.45) is 10.5 Å². The summed E-state index contributed by atoms with van der Waals surface area (Å²) in [6.07, 6.45) is 3.34. The van der Waals surface area contributed by atoms with Gasteiger partial charge in [0.15, 0.2) is 5.57 Å². The van der Waals surface area contributed by atoms with Crippen LogP contribution < -0.4 is 0 Å². The number of esters is 3. The summed E-state index contributed by atoms with van der Waals surface area (Å²) in [6.45, 7) is 6.20. The molecule has 1 aromatic carbocycles. The van der Waals surface area contributed by atoms with E-state index in [4.69, 9.17) is 14.2 Å². The van der Waals surface area contributed by atoms with Crippen molar-refractivity contribution < 1.29 is 37.8 Å². The van der Waals surface area contributed by atoms with Crippen LogP contribution in [0.2, 0.25) is 0 Å². The molecular formula is C25H27FN2O7. The third kappa shape index (κ3) is 5.16. The molecule has 0 bridgehead atoms. The van der Waals surface area contributed by atoms with Crippen LogP contribution in [0.3, 0.4) is 0 Å². The molecule has 1 amide bonds. The lowest BCUT2D eigenvalue weighted by molar-refractivity contribution is -0.146. The molecule has 3 rings (SSSR count). The van der Waals surface area contributed by atoms with Crippen molar-refractivity contribution >= 4 is 29.7 Å². The smallest absolute Gasteiger partial charge is 0.347 e. The fraction of sp³-hybridized carbons (Fsp3) is 0.400. The molecule has 1 aliphatic carbocycles. The highest BCUT2D eigenvalue weighted by molar-refractivity contribution is 6.16. The molecule has 1 aromatic rings. The average Bonchev–Trinajstić information content (AvgIpc) is 3.05. The third-order valence-electron chi connectivity index (χ3n) is 5.82. The Morgan fingerprint density at radius 3 is 2.29 bits per heavy atom. The van der Waals surface area contributed by atoms with Gasteiger partial charge in [0.05, 0.1) is 19.4 Å². The summed E-state index contributed by atoms with van der Waals surface area (Å²) in [5, 5.41) is 5.00. The zero-order valence-electron chi connectivity index (χ0n) is 20.0. The number of benzene rings is 1. The van der Waals surface area contributed by atoms with Gasteiger partial charge in [0.1, 0.15) is 11.2 Å². The van der Waals surface area contributed by atoms with E-state index in [2.05, 4.69) is 5.10 Å². The fourth-order valence-corrected chi connectivity index (χ4v) is 4.22. The number of hydrogen-bond donors (Lipinski definition) is 0. The van der Waals surface area contributed by atoms with E-state index in [1.54, 1.807) is 26.0 Å². The quantitative estimate of drug-likeness (QED) is 0.151. The van der Waals surface area contributed by atoms with E-state index in [-0.39, 0.29) is 25.5 Å². The second-order valence-electron chi connectivity index (χ2n) is 8.17. The number of hydrogen-bond acceptors (Lipinski definition) is 8. The van der Waals surface area contributed by atoms with Crippen molar-refractivity contribution in [2.75, 3.05) is 13.2 Å². The zero-order valence-corrected chi connectivity index (χ0v) is 20.0. The van der Waals surface area contributed by atoms with Crippen molar-refractivity contribution in [3.05, 3.63) is 59.1 Å². The van der Waals surface area contributed by atoms with Crippen LogP contribution in [0.5, 0.6) is 0 Å². The lowest BCUT2D eigenvalue weighted by Gasteiger charge is -2.38. The van der Waals surface area contributed by atoms with Gasteiger partial charge in [0.25, 0.3) is 5.91 Å². The number of ether oxygens (including phenoxy) is 3. The second-order valence-corrected chi connectivity index (χ2v) is 8.17. The minimum atomic E-state index is -1.45. The summed E-state index contributed by atoms with van der Waals surface area (Å²) in [5.41, 5.74) is -0.346. The Labute approximate surface area is 202 Å². The van der Waals surface area contributed by atoms with Gasteiger partial charge >= 0.3 is 17.9 Å². The lowest BCUT2D eigenvalue weighted by atomic mass is 9.64. The molecule has 0 N–H and O–H groups in total. The molecule has 10 heteroatoms. The van der Waals surface area contributed by atoms with Gasteiger partial charge in [-0.05, 0) is 51.3 Å². The van der Waals surface area contributed by atoms with E-state index in [1.165, 1.54) is 19.1 Å². The molecule has 35 heavy (non-hydrogen) atoms. The number of carbonyl (C=O) groups is 4. The highest BCUT2D eigenvalue weighted by atomic mass is 19.1. The largest absolute Gasteiger partial charge is 0.462 e. The summed E-state index contributed by atoms with van der Waals surface area (Å²) in [7, 11) is 0. The summed E-state index contributed by atoms with van der Waals surface area (Å²) >= 11 is 0. The van der Waals surface area contributed by atoms with Crippen molar-refractivity contribution in [1.82, 2.24) is 5.01 Å².